The van der Waals surface area contributed by atoms with Crippen LogP contribution >= 0.6 is 0 Å². The number of esters is 1. The summed E-state index contributed by atoms with van der Waals surface area (Å²) in [6.45, 7) is 3.18. The Bertz CT molecular complexity index is 954. The zero-order valence-corrected chi connectivity index (χ0v) is 17.6. The number of carbonyl (C=O) groups excluding carboxylic acids is 3. The number of urea groups is 1. The van der Waals surface area contributed by atoms with Crippen LogP contribution in [-0.2, 0) is 20.7 Å². The highest BCUT2D eigenvalue weighted by Gasteiger charge is 2.33. The number of likely N-dealkylation sites (tertiary alicyclic amines) is 1. The molecule has 0 aliphatic carbocycles. The van der Waals surface area contributed by atoms with Crippen molar-refractivity contribution in [3.63, 3.8) is 0 Å². The molecule has 1 atom stereocenters. The zero-order chi connectivity index (χ0) is 21.8. The molecule has 162 valence electrons. The van der Waals surface area contributed by atoms with Crippen LogP contribution in [0.25, 0.3) is 0 Å². The summed E-state index contributed by atoms with van der Waals surface area (Å²) >= 11 is 0. The number of nitrogens with zero attached hydrogens (tertiary/aromatic N) is 2. The first-order chi connectivity index (χ1) is 15.0. The van der Waals surface area contributed by atoms with E-state index < -0.39 is 6.10 Å². The summed E-state index contributed by atoms with van der Waals surface area (Å²) in [5.41, 5.74) is 2.77. The second-order valence-corrected chi connectivity index (χ2v) is 8.01. The monoisotopic (exact) mass is 421 g/mol. The molecule has 1 fully saturated rings. The van der Waals surface area contributed by atoms with E-state index in [2.05, 4.69) is 5.32 Å². The molecule has 2 aliphatic heterocycles. The van der Waals surface area contributed by atoms with Gasteiger partial charge in [-0.2, -0.15) is 0 Å². The van der Waals surface area contributed by atoms with Gasteiger partial charge in [0.1, 0.15) is 0 Å². The number of hydrogen-bond acceptors (Lipinski definition) is 4. The van der Waals surface area contributed by atoms with Gasteiger partial charge in [-0.3, -0.25) is 9.59 Å². The lowest BCUT2D eigenvalue weighted by Crippen LogP contribution is -2.44. The molecule has 2 heterocycles. The molecule has 2 aromatic rings. The first-order valence-electron chi connectivity index (χ1n) is 10.7. The molecule has 0 spiro atoms. The summed E-state index contributed by atoms with van der Waals surface area (Å²) in [5, 5.41) is 2.86. The number of para-hydroxylation sites is 2. The number of amides is 3. The van der Waals surface area contributed by atoms with E-state index in [-0.39, 0.29) is 23.8 Å². The minimum atomic E-state index is -0.835. The summed E-state index contributed by atoms with van der Waals surface area (Å²) in [6.07, 6.45) is 1.02. The number of piperidine rings is 1. The van der Waals surface area contributed by atoms with Crippen molar-refractivity contribution < 1.29 is 19.1 Å². The molecular weight excluding hydrogens is 394 g/mol. The Morgan fingerprint density at radius 3 is 2.39 bits per heavy atom. The van der Waals surface area contributed by atoms with Gasteiger partial charge in [0, 0.05) is 31.0 Å². The van der Waals surface area contributed by atoms with Crippen LogP contribution in [0.1, 0.15) is 25.3 Å². The van der Waals surface area contributed by atoms with Crippen LogP contribution in [0.4, 0.5) is 16.2 Å². The van der Waals surface area contributed by atoms with Crippen LogP contribution in [0.5, 0.6) is 0 Å². The minimum Gasteiger partial charge on any atom is -0.452 e. The lowest BCUT2D eigenvalue weighted by Gasteiger charge is -2.31. The van der Waals surface area contributed by atoms with Crippen molar-refractivity contribution in [2.45, 2.75) is 32.3 Å². The zero-order valence-electron chi connectivity index (χ0n) is 17.6. The fraction of sp³-hybridized carbons (Fsp3) is 0.375. The molecule has 0 unspecified atom stereocenters. The molecular formula is C24H27N3O4. The van der Waals surface area contributed by atoms with Gasteiger partial charge in [0.15, 0.2) is 6.10 Å². The topological polar surface area (TPSA) is 79.0 Å². The minimum absolute atomic E-state index is 0.172. The Hall–Kier alpha value is -3.35. The van der Waals surface area contributed by atoms with Gasteiger partial charge in [-0.25, -0.2) is 4.79 Å². The third-order valence-corrected chi connectivity index (χ3v) is 5.93. The van der Waals surface area contributed by atoms with E-state index in [0.717, 1.165) is 23.4 Å². The van der Waals surface area contributed by atoms with Crippen LogP contribution in [-0.4, -0.2) is 48.5 Å². The average Bonchev–Trinajstić information content (AvgIpc) is 3.23. The molecule has 0 bridgehead atoms. The number of carbonyl (C=O) groups is 3. The number of nitrogens with one attached hydrogen (secondary N) is 1. The first-order valence-corrected chi connectivity index (χ1v) is 10.7. The molecule has 4 rings (SSSR count). The Morgan fingerprint density at radius 1 is 0.968 bits per heavy atom. The lowest BCUT2D eigenvalue weighted by atomic mass is 9.97. The fourth-order valence-corrected chi connectivity index (χ4v) is 4.15. The van der Waals surface area contributed by atoms with Crippen LogP contribution < -0.4 is 10.2 Å². The number of benzene rings is 2. The van der Waals surface area contributed by atoms with Crippen LogP contribution in [0.3, 0.4) is 0 Å². The summed E-state index contributed by atoms with van der Waals surface area (Å²) in [4.78, 5) is 41.3. The van der Waals surface area contributed by atoms with Gasteiger partial charge >= 0.3 is 12.0 Å². The Morgan fingerprint density at radius 2 is 1.65 bits per heavy atom. The highest BCUT2D eigenvalue weighted by Crippen LogP contribution is 2.28. The molecule has 0 radical (unpaired) electrons. The average molecular weight is 421 g/mol. The van der Waals surface area contributed by atoms with E-state index in [1.165, 1.54) is 0 Å². The fourth-order valence-electron chi connectivity index (χ4n) is 4.15. The number of ether oxygens (including phenoxy) is 1. The lowest BCUT2D eigenvalue weighted by molar-refractivity contribution is -0.159. The number of anilines is 2. The second kappa shape index (κ2) is 9.20. The van der Waals surface area contributed by atoms with Gasteiger partial charge in [-0.1, -0.05) is 36.4 Å². The summed E-state index contributed by atoms with van der Waals surface area (Å²) in [5.74, 6) is -0.865. The largest absolute Gasteiger partial charge is 0.452 e. The predicted octanol–water partition coefficient (Wildman–Crippen LogP) is 3.45. The van der Waals surface area contributed by atoms with E-state index >= 15 is 0 Å². The van der Waals surface area contributed by atoms with Gasteiger partial charge in [0.05, 0.1) is 5.92 Å². The Labute approximate surface area is 182 Å². The van der Waals surface area contributed by atoms with E-state index in [1.807, 2.05) is 54.6 Å². The maximum absolute atomic E-state index is 12.8. The Balaban J connectivity index is 1.26. The SMILES string of the molecule is C[C@H](OC(=O)C1CCN(C(=O)Nc2ccccc2)CC1)C(=O)N1CCc2ccccc21. The predicted molar refractivity (Wildman–Crippen MR) is 118 cm³/mol. The molecule has 1 N–H and O–H groups in total. The van der Waals surface area contributed by atoms with Crippen LogP contribution in [0.2, 0.25) is 0 Å². The second-order valence-electron chi connectivity index (χ2n) is 8.01. The number of fused-ring (bicyclic) bond motifs is 1. The normalized spacial score (nSPS) is 17.1. The molecule has 1 saturated heterocycles. The molecule has 0 aromatic heterocycles. The Kier molecular flexibility index (Phi) is 6.21. The van der Waals surface area contributed by atoms with E-state index in [1.54, 1.807) is 16.7 Å². The maximum atomic E-state index is 12.8. The third-order valence-electron chi connectivity index (χ3n) is 5.93. The van der Waals surface area contributed by atoms with Crippen molar-refractivity contribution in [1.29, 1.82) is 0 Å². The number of hydrogen-bond donors (Lipinski definition) is 1. The quantitative estimate of drug-likeness (QED) is 0.767. The summed E-state index contributed by atoms with van der Waals surface area (Å²) < 4.78 is 5.52. The molecule has 7 heteroatoms. The molecule has 2 aromatic carbocycles. The molecule has 3 amide bonds. The van der Waals surface area contributed by atoms with Crippen molar-refractivity contribution in [2.75, 3.05) is 29.9 Å². The van der Waals surface area contributed by atoms with Gasteiger partial charge < -0.3 is 19.9 Å². The van der Waals surface area contributed by atoms with Crippen molar-refractivity contribution >= 4 is 29.3 Å². The van der Waals surface area contributed by atoms with Gasteiger partial charge in [0.2, 0.25) is 0 Å². The van der Waals surface area contributed by atoms with Gasteiger partial charge in [-0.05, 0) is 49.9 Å². The van der Waals surface area contributed by atoms with E-state index in [9.17, 15) is 14.4 Å². The van der Waals surface area contributed by atoms with Gasteiger partial charge in [-0.15, -0.1) is 0 Å². The molecule has 31 heavy (non-hydrogen) atoms. The molecule has 7 nitrogen and oxygen atoms in total. The maximum Gasteiger partial charge on any atom is 0.321 e. The summed E-state index contributed by atoms with van der Waals surface area (Å²) in [7, 11) is 0. The molecule has 2 aliphatic rings. The van der Waals surface area contributed by atoms with Crippen molar-refractivity contribution in [2.24, 2.45) is 5.92 Å². The third kappa shape index (κ3) is 4.71. The van der Waals surface area contributed by atoms with E-state index in [0.29, 0.717) is 32.5 Å². The van der Waals surface area contributed by atoms with Crippen molar-refractivity contribution in [3.8, 4) is 0 Å². The van der Waals surface area contributed by atoms with E-state index in [4.69, 9.17) is 4.74 Å². The smallest absolute Gasteiger partial charge is 0.321 e. The van der Waals surface area contributed by atoms with Crippen LogP contribution in [0, 0.1) is 5.92 Å². The standard InChI is InChI=1S/C24H27N3O4/c1-17(22(28)27-16-13-18-7-5-6-10-21(18)27)31-23(29)19-11-14-26(15-12-19)24(30)25-20-8-3-2-4-9-20/h2-10,17,19H,11-16H2,1H3,(H,25,30)/t17-/m0/s1. The summed E-state index contributed by atoms with van der Waals surface area (Å²) in [6, 6.07) is 16.9. The van der Waals surface area contributed by atoms with Crippen LogP contribution in [0.15, 0.2) is 54.6 Å². The number of rotatable bonds is 4. The first kappa shape index (κ1) is 20.9. The highest BCUT2D eigenvalue weighted by molar-refractivity contribution is 5.99. The van der Waals surface area contributed by atoms with Crippen molar-refractivity contribution in [3.05, 3.63) is 60.2 Å². The molecule has 0 saturated carbocycles. The van der Waals surface area contributed by atoms with Gasteiger partial charge in [0.25, 0.3) is 5.91 Å². The highest BCUT2D eigenvalue weighted by atomic mass is 16.5. The van der Waals surface area contributed by atoms with Crippen molar-refractivity contribution in [1.82, 2.24) is 4.90 Å².